The molecule has 1 aromatic heterocycles. The topological polar surface area (TPSA) is 87.1 Å². The van der Waals surface area contributed by atoms with Crippen LogP contribution in [0.25, 0.3) is 0 Å². The van der Waals surface area contributed by atoms with E-state index in [2.05, 4.69) is 49.5 Å². The molecule has 0 radical (unpaired) electrons. The van der Waals surface area contributed by atoms with Gasteiger partial charge in [0.15, 0.2) is 17.5 Å². The molecule has 2 aliphatic rings. The van der Waals surface area contributed by atoms with Gasteiger partial charge in [0.1, 0.15) is 0 Å². The highest BCUT2D eigenvalue weighted by molar-refractivity contribution is 14.0. The Morgan fingerprint density at radius 2 is 1.85 bits per heavy atom. The van der Waals surface area contributed by atoms with Crippen molar-refractivity contribution >= 4 is 35.9 Å². The van der Waals surface area contributed by atoms with Crippen molar-refractivity contribution in [3.8, 4) is 11.5 Å². The first-order valence-electron chi connectivity index (χ1n) is 11.5. The van der Waals surface area contributed by atoms with E-state index < -0.39 is 0 Å². The number of ether oxygens (including phenoxy) is 2. The van der Waals surface area contributed by atoms with E-state index in [1.807, 2.05) is 12.1 Å². The van der Waals surface area contributed by atoms with Crippen molar-refractivity contribution < 1.29 is 9.47 Å². The Labute approximate surface area is 213 Å². The highest BCUT2D eigenvalue weighted by Gasteiger charge is 2.18. The van der Waals surface area contributed by atoms with Gasteiger partial charge in [-0.25, -0.2) is 9.97 Å². The van der Waals surface area contributed by atoms with Crippen LogP contribution in [0.2, 0.25) is 0 Å². The fourth-order valence-electron chi connectivity index (χ4n) is 3.87. The molecule has 0 unspecified atom stereocenters. The molecule has 0 saturated carbocycles. The average molecular weight is 567 g/mol. The van der Waals surface area contributed by atoms with Gasteiger partial charge in [0.2, 0.25) is 12.7 Å². The van der Waals surface area contributed by atoms with Crippen LogP contribution in [-0.4, -0.2) is 80.0 Å². The summed E-state index contributed by atoms with van der Waals surface area (Å²) in [7, 11) is 0. The summed E-state index contributed by atoms with van der Waals surface area (Å²) in [5.41, 5.74) is 1.22. The fourth-order valence-corrected chi connectivity index (χ4v) is 3.87. The molecule has 1 fully saturated rings. The van der Waals surface area contributed by atoms with Gasteiger partial charge >= 0.3 is 0 Å². The SMILES string of the molecule is CCNC(=NCCCN1CCN(c2ncccn2)CC1)NCCc1ccc2c(c1)OCO2.I. The summed E-state index contributed by atoms with van der Waals surface area (Å²) >= 11 is 0. The molecule has 1 saturated heterocycles. The number of benzene rings is 1. The zero-order chi connectivity index (χ0) is 22.0. The first kappa shape index (κ1) is 25.3. The number of aromatic nitrogens is 2. The summed E-state index contributed by atoms with van der Waals surface area (Å²) in [4.78, 5) is 18.2. The number of fused-ring (bicyclic) bond motifs is 1. The molecule has 0 spiro atoms. The lowest BCUT2D eigenvalue weighted by molar-refractivity contribution is 0.174. The van der Waals surface area contributed by atoms with Crippen LogP contribution >= 0.6 is 24.0 Å². The van der Waals surface area contributed by atoms with Gasteiger partial charge in [-0.3, -0.25) is 9.89 Å². The first-order chi connectivity index (χ1) is 15.8. The maximum absolute atomic E-state index is 5.46. The number of hydrogen-bond acceptors (Lipinski definition) is 7. The third-order valence-corrected chi connectivity index (χ3v) is 5.60. The molecule has 2 aliphatic heterocycles. The molecule has 0 amide bonds. The van der Waals surface area contributed by atoms with Crippen LogP contribution in [0.15, 0.2) is 41.7 Å². The maximum atomic E-state index is 5.46. The van der Waals surface area contributed by atoms with Crippen LogP contribution in [0.4, 0.5) is 5.95 Å². The Morgan fingerprint density at radius 1 is 1.06 bits per heavy atom. The second-order valence-corrected chi connectivity index (χ2v) is 7.86. The zero-order valence-corrected chi connectivity index (χ0v) is 21.5. The minimum Gasteiger partial charge on any atom is -0.454 e. The average Bonchev–Trinajstić information content (AvgIpc) is 3.31. The van der Waals surface area contributed by atoms with Gasteiger partial charge in [-0.05, 0) is 43.5 Å². The second-order valence-electron chi connectivity index (χ2n) is 7.86. The molecule has 33 heavy (non-hydrogen) atoms. The Kier molecular flexibility index (Phi) is 10.3. The van der Waals surface area contributed by atoms with E-state index >= 15 is 0 Å². The largest absolute Gasteiger partial charge is 0.454 e. The Hall–Kier alpha value is -2.34. The van der Waals surface area contributed by atoms with E-state index in [4.69, 9.17) is 14.5 Å². The number of nitrogens with zero attached hydrogens (tertiary/aromatic N) is 5. The van der Waals surface area contributed by atoms with Crippen molar-refractivity contribution in [2.75, 3.05) is 64.1 Å². The van der Waals surface area contributed by atoms with Crippen molar-refractivity contribution in [3.05, 3.63) is 42.2 Å². The van der Waals surface area contributed by atoms with Crippen LogP contribution < -0.4 is 25.0 Å². The zero-order valence-electron chi connectivity index (χ0n) is 19.2. The molecule has 9 nitrogen and oxygen atoms in total. The molecule has 3 heterocycles. The number of anilines is 1. The number of guanidine groups is 1. The Morgan fingerprint density at radius 3 is 2.64 bits per heavy atom. The number of hydrogen-bond donors (Lipinski definition) is 2. The van der Waals surface area contributed by atoms with Gasteiger partial charge in [-0.2, -0.15) is 0 Å². The Balaban J connectivity index is 0.00000306. The van der Waals surface area contributed by atoms with Crippen molar-refractivity contribution in [2.45, 2.75) is 19.8 Å². The summed E-state index contributed by atoms with van der Waals surface area (Å²) in [5.74, 6) is 3.37. The van der Waals surface area contributed by atoms with E-state index in [9.17, 15) is 0 Å². The van der Waals surface area contributed by atoms with E-state index in [-0.39, 0.29) is 24.0 Å². The highest BCUT2D eigenvalue weighted by atomic mass is 127. The summed E-state index contributed by atoms with van der Waals surface area (Å²) in [6, 6.07) is 7.97. The quantitative estimate of drug-likeness (QED) is 0.207. The first-order valence-corrected chi connectivity index (χ1v) is 11.5. The molecule has 0 atom stereocenters. The van der Waals surface area contributed by atoms with Crippen LogP contribution in [0, 0.1) is 0 Å². The van der Waals surface area contributed by atoms with Crippen LogP contribution in [-0.2, 0) is 6.42 Å². The molecule has 4 rings (SSSR count). The molecule has 2 N–H and O–H groups in total. The van der Waals surface area contributed by atoms with Crippen LogP contribution in [0.3, 0.4) is 0 Å². The van der Waals surface area contributed by atoms with Crippen LogP contribution in [0.1, 0.15) is 18.9 Å². The lowest BCUT2D eigenvalue weighted by Crippen LogP contribution is -2.47. The monoisotopic (exact) mass is 567 g/mol. The lowest BCUT2D eigenvalue weighted by atomic mass is 10.1. The molecule has 10 heteroatoms. The molecule has 0 bridgehead atoms. The number of nitrogens with one attached hydrogen (secondary N) is 2. The van der Waals surface area contributed by atoms with Gasteiger partial charge in [0, 0.05) is 64.8 Å². The number of aliphatic imine (C=N–C) groups is 1. The number of rotatable bonds is 9. The number of halogens is 1. The van der Waals surface area contributed by atoms with Gasteiger partial charge in [0.05, 0.1) is 0 Å². The Bertz CT molecular complexity index is 876. The lowest BCUT2D eigenvalue weighted by Gasteiger charge is -2.34. The normalized spacial score (nSPS) is 15.8. The molecular weight excluding hydrogens is 533 g/mol. The van der Waals surface area contributed by atoms with Crippen molar-refractivity contribution in [1.82, 2.24) is 25.5 Å². The van der Waals surface area contributed by atoms with Gasteiger partial charge in [-0.1, -0.05) is 6.07 Å². The minimum absolute atomic E-state index is 0. The fraction of sp³-hybridized carbons (Fsp3) is 0.522. The summed E-state index contributed by atoms with van der Waals surface area (Å²) in [6.45, 7) is 9.94. The summed E-state index contributed by atoms with van der Waals surface area (Å²) < 4.78 is 10.8. The van der Waals surface area contributed by atoms with E-state index in [0.29, 0.717) is 6.79 Å². The molecule has 2 aromatic rings. The predicted octanol–water partition coefficient (Wildman–Crippen LogP) is 2.13. The third kappa shape index (κ3) is 7.60. The molecular formula is C23H34IN7O2. The minimum atomic E-state index is 0. The van der Waals surface area contributed by atoms with Gasteiger partial charge in [0.25, 0.3) is 0 Å². The van der Waals surface area contributed by atoms with E-state index in [0.717, 1.165) is 88.6 Å². The van der Waals surface area contributed by atoms with Gasteiger partial charge < -0.3 is 25.0 Å². The molecule has 0 aliphatic carbocycles. The summed E-state index contributed by atoms with van der Waals surface area (Å²) in [5, 5.41) is 6.76. The maximum Gasteiger partial charge on any atom is 0.231 e. The van der Waals surface area contributed by atoms with Crippen molar-refractivity contribution in [3.63, 3.8) is 0 Å². The smallest absolute Gasteiger partial charge is 0.231 e. The number of piperazine rings is 1. The van der Waals surface area contributed by atoms with Crippen LogP contribution in [0.5, 0.6) is 11.5 Å². The van der Waals surface area contributed by atoms with Gasteiger partial charge in [-0.15, -0.1) is 24.0 Å². The van der Waals surface area contributed by atoms with E-state index in [1.54, 1.807) is 12.4 Å². The second kappa shape index (κ2) is 13.4. The highest BCUT2D eigenvalue weighted by Crippen LogP contribution is 2.32. The molecule has 180 valence electrons. The molecule has 1 aromatic carbocycles. The van der Waals surface area contributed by atoms with E-state index in [1.165, 1.54) is 5.56 Å². The third-order valence-electron chi connectivity index (χ3n) is 5.60. The van der Waals surface area contributed by atoms with Crippen molar-refractivity contribution in [1.29, 1.82) is 0 Å². The standard InChI is InChI=1S/C23H33N7O2.HI/c1-2-24-22(26-11-7-19-5-6-20-21(17-19)32-18-31-20)25-10-4-12-29-13-15-30(16-14-29)23-27-8-3-9-28-23;/h3,5-6,8-9,17H,2,4,7,10-16,18H2,1H3,(H2,24,25,26);1H. The predicted molar refractivity (Wildman–Crippen MR) is 141 cm³/mol. The summed E-state index contributed by atoms with van der Waals surface area (Å²) in [6.07, 6.45) is 5.55. The van der Waals surface area contributed by atoms with Crippen molar-refractivity contribution in [2.24, 2.45) is 4.99 Å².